The number of hydrogen-bond acceptors (Lipinski definition) is 2. The van der Waals surface area contributed by atoms with Gasteiger partial charge < -0.3 is 14.7 Å². The summed E-state index contributed by atoms with van der Waals surface area (Å²) in [5, 5.41) is 0. The standard InChI is InChI=1S/C29H43N3O/c1-3-4-5-6-7-8-9-10-11-12-13-14-15-17-24-19-20-25(31-24)22-28-29(33-2)23-27(32-28)26-18-16-21-30-26/h16,18-23,30-31H,3-15,17H2,1-2H3. The number of nitrogens with one attached hydrogen (secondary N) is 2. The van der Waals surface area contributed by atoms with Gasteiger partial charge in [0, 0.05) is 23.7 Å². The molecule has 0 amide bonds. The lowest BCUT2D eigenvalue weighted by Gasteiger charge is -2.03. The number of aryl methyl sites for hydroxylation is 1. The van der Waals surface area contributed by atoms with Crippen molar-refractivity contribution in [2.75, 3.05) is 7.11 Å². The molecule has 3 heterocycles. The second-order valence-electron chi connectivity index (χ2n) is 9.25. The Bertz CT molecular complexity index is 886. The van der Waals surface area contributed by atoms with E-state index < -0.39 is 0 Å². The molecule has 0 bridgehead atoms. The quantitative estimate of drug-likeness (QED) is 0.234. The molecule has 0 unspecified atom stereocenters. The number of aromatic nitrogens is 2. The van der Waals surface area contributed by atoms with Gasteiger partial charge in [-0.1, -0.05) is 84.0 Å². The van der Waals surface area contributed by atoms with Crippen molar-refractivity contribution in [3.63, 3.8) is 0 Å². The van der Waals surface area contributed by atoms with E-state index in [1.165, 1.54) is 89.2 Å². The predicted octanol–water partition coefficient (Wildman–Crippen LogP) is 8.35. The van der Waals surface area contributed by atoms with Crippen LogP contribution in [-0.2, 0) is 11.2 Å². The molecule has 1 aliphatic heterocycles. The highest BCUT2D eigenvalue weighted by Crippen LogP contribution is 2.24. The minimum atomic E-state index is 0.798. The maximum Gasteiger partial charge on any atom is 0.146 e. The average molecular weight is 450 g/mol. The molecule has 0 spiro atoms. The van der Waals surface area contributed by atoms with Crippen LogP contribution in [0.15, 0.2) is 53.0 Å². The molecule has 0 fully saturated rings. The highest BCUT2D eigenvalue weighted by molar-refractivity contribution is 6.11. The lowest BCUT2D eigenvalue weighted by Crippen LogP contribution is -1.93. The fourth-order valence-corrected chi connectivity index (χ4v) is 4.48. The van der Waals surface area contributed by atoms with Gasteiger partial charge in [0.25, 0.3) is 0 Å². The molecule has 2 N–H and O–H groups in total. The molecule has 2 aromatic heterocycles. The number of methoxy groups -OCH3 is 1. The van der Waals surface area contributed by atoms with Gasteiger partial charge in [0.05, 0.1) is 18.5 Å². The van der Waals surface area contributed by atoms with Gasteiger partial charge in [-0.3, -0.25) is 0 Å². The summed E-state index contributed by atoms with van der Waals surface area (Å²) in [6, 6.07) is 8.34. The summed E-state index contributed by atoms with van der Waals surface area (Å²) in [4.78, 5) is 11.5. The van der Waals surface area contributed by atoms with Crippen LogP contribution in [0.4, 0.5) is 0 Å². The Morgan fingerprint density at radius 1 is 0.848 bits per heavy atom. The maximum atomic E-state index is 5.53. The van der Waals surface area contributed by atoms with E-state index in [4.69, 9.17) is 9.73 Å². The number of aromatic amines is 2. The fourth-order valence-electron chi connectivity index (χ4n) is 4.48. The molecule has 180 valence electrons. The number of H-pyrrole nitrogens is 2. The topological polar surface area (TPSA) is 53.2 Å². The van der Waals surface area contributed by atoms with E-state index in [0.717, 1.165) is 35.0 Å². The van der Waals surface area contributed by atoms with Crippen molar-refractivity contribution >= 4 is 11.8 Å². The number of allylic oxidation sites excluding steroid dienone is 1. The molecule has 0 atom stereocenters. The van der Waals surface area contributed by atoms with Gasteiger partial charge in [-0.25, -0.2) is 4.99 Å². The van der Waals surface area contributed by atoms with E-state index in [0.29, 0.717) is 0 Å². The first-order chi connectivity index (χ1) is 16.3. The molecule has 2 aromatic rings. The van der Waals surface area contributed by atoms with Crippen LogP contribution >= 0.6 is 0 Å². The molecule has 0 aliphatic carbocycles. The van der Waals surface area contributed by atoms with Crippen LogP contribution in [0.25, 0.3) is 6.08 Å². The zero-order valence-corrected chi connectivity index (χ0v) is 20.8. The van der Waals surface area contributed by atoms with Crippen LogP contribution in [0, 0.1) is 0 Å². The Hall–Kier alpha value is -2.49. The van der Waals surface area contributed by atoms with Crippen molar-refractivity contribution in [2.24, 2.45) is 4.99 Å². The van der Waals surface area contributed by atoms with Crippen molar-refractivity contribution in [1.82, 2.24) is 9.97 Å². The number of ether oxygens (including phenoxy) is 1. The summed E-state index contributed by atoms with van der Waals surface area (Å²) in [5.41, 5.74) is 5.15. The minimum absolute atomic E-state index is 0.798. The predicted molar refractivity (Wildman–Crippen MR) is 141 cm³/mol. The van der Waals surface area contributed by atoms with E-state index in [1.54, 1.807) is 7.11 Å². The van der Waals surface area contributed by atoms with Crippen LogP contribution in [0.2, 0.25) is 0 Å². The monoisotopic (exact) mass is 449 g/mol. The number of aliphatic imine (C=N–C) groups is 1. The van der Waals surface area contributed by atoms with Crippen molar-refractivity contribution < 1.29 is 4.74 Å². The largest absolute Gasteiger partial charge is 0.494 e. The third-order valence-electron chi connectivity index (χ3n) is 6.47. The van der Waals surface area contributed by atoms with Gasteiger partial charge in [0.2, 0.25) is 0 Å². The van der Waals surface area contributed by atoms with Gasteiger partial charge in [-0.15, -0.1) is 0 Å². The van der Waals surface area contributed by atoms with Crippen molar-refractivity contribution in [3.8, 4) is 0 Å². The average Bonchev–Trinajstić information content (AvgIpc) is 3.58. The summed E-state index contributed by atoms with van der Waals surface area (Å²) in [7, 11) is 1.70. The Balaban J connectivity index is 1.30. The maximum absolute atomic E-state index is 5.53. The highest BCUT2D eigenvalue weighted by Gasteiger charge is 2.17. The summed E-state index contributed by atoms with van der Waals surface area (Å²) < 4.78 is 5.53. The lowest BCUT2D eigenvalue weighted by atomic mass is 10.0. The number of hydrogen-bond donors (Lipinski definition) is 2. The Morgan fingerprint density at radius 3 is 2.12 bits per heavy atom. The molecule has 4 nitrogen and oxygen atoms in total. The van der Waals surface area contributed by atoms with Crippen LogP contribution < -0.4 is 0 Å². The number of rotatable bonds is 17. The van der Waals surface area contributed by atoms with Gasteiger partial charge in [-0.05, 0) is 43.2 Å². The summed E-state index contributed by atoms with van der Waals surface area (Å²) in [6.45, 7) is 2.29. The van der Waals surface area contributed by atoms with Crippen molar-refractivity contribution in [1.29, 1.82) is 0 Å². The van der Waals surface area contributed by atoms with Crippen molar-refractivity contribution in [2.45, 2.75) is 96.8 Å². The molecule has 3 rings (SSSR count). The van der Waals surface area contributed by atoms with Gasteiger partial charge >= 0.3 is 0 Å². The van der Waals surface area contributed by atoms with E-state index in [2.05, 4.69) is 35.1 Å². The molecule has 4 heteroatoms. The second kappa shape index (κ2) is 14.6. The first-order valence-electron chi connectivity index (χ1n) is 13.2. The summed E-state index contributed by atoms with van der Waals surface area (Å²) in [6.07, 6.45) is 25.2. The molecule has 0 radical (unpaired) electrons. The molecule has 0 aromatic carbocycles. The SMILES string of the molecule is CCCCCCCCCCCCCCCc1ccc(C=C2N=C(c3ccc[nH]3)C=C2OC)[nH]1. The molecule has 0 saturated heterocycles. The Labute approximate surface area is 200 Å². The summed E-state index contributed by atoms with van der Waals surface area (Å²) in [5.74, 6) is 0.798. The minimum Gasteiger partial charge on any atom is -0.494 e. The van der Waals surface area contributed by atoms with Crippen molar-refractivity contribution in [3.05, 3.63) is 65.1 Å². The van der Waals surface area contributed by atoms with Crippen LogP contribution in [-0.4, -0.2) is 22.8 Å². The van der Waals surface area contributed by atoms with E-state index >= 15 is 0 Å². The Kier molecular flexibility index (Phi) is 11.1. The van der Waals surface area contributed by atoms with Gasteiger partial charge in [0.1, 0.15) is 11.5 Å². The molecule has 0 saturated carbocycles. The Morgan fingerprint density at radius 2 is 1.52 bits per heavy atom. The first-order valence-corrected chi connectivity index (χ1v) is 13.2. The van der Waals surface area contributed by atoms with Gasteiger partial charge in [0.15, 0.2) is 0 Å². The molecular formula is C29H43N3O. The van der Waals surface area contributed by atoms with E-state index in [9.17, 15) is 0 Å². The van der Waals surface area contributed by atoms with Crippen LogP contribution in [0.3, 0.4) is 0 Å². The smallest absolute Gasteiger partial charge is 0.146 e. The van der Waals surface area contributed by atoms with Crippen LogP contribution in [0.1, 0.15) is 107 Å². The second-order valence-corrected chi connectivity index (χ2v) is 9.25. The summed E-state index contributed by atoms with van der Waals surface area (Å²) >= 11 is 0. The molecule has 1 aliphatic rings. The van der Waals surface area contributed by atoms with E-state index in [1.807, 2.05) is 24.4 Å². The molecule has 33 heavy (non-hydrogen) atoms. The lowest BCUT2D eigenvalue weighted by molar-refractivity contribution is 0.303. The van der Waals surface area contributed by atoms with E-state index in [-0.39, 0.29) is 0 Å². The normalized spacial score (nSPS) is 14.7. The number of unbranched alkanes of at least 4 members (excludes halogenated alkanes) is 12. The zero-order chi connectivity index (χ0) is 23.1. The fraction of sp³-hybridized carbons (Fsp3) is 0.552. The third kappa shape index (κ3) is 8.75. The third-order valence-corrected chi connectivity index (χ3v) is 6.47. The highest BCUT2D eigenvalue weighted by atomic mass is 16.5. The van der Waals surface area contributed by atoms with Gasteiger partial charge in [-0.2, -0.15) is 0 Å². The zero-order valence-electron chi connectivity index (χ0n) is 20.8. The van der Waals surface area contributed by atoms with Crippen LogP contribution in [0.5, 0.6) is 0 Å². The number of nitrogens with zero attached hydrogens (tertiary/aromatic N) is 1. The first kappa shape index (κ1) is 25.1. The molecular weight excluding hydrogens is 406 g/mol.